The molecule has 0 aromatic rings. The van der Waals surface area contributed by atoms with E-state index in [1.54, 1.807) is 0 Å². The first-order valence-corrected chi connectivity index (χ1v) is 12.9. The molecule has 0 bridgehead atoms. The van der Waals surface area contributed by atoms with Crippen LogP contribution >= 0.6 is 7.82 Å². The summed E-state index contributed by atoms with van der Waals surface area (Å²) in [7, 11) is -3.83. The fourth-order valence-corrected chi connectivity index (χ4v) is 3.35. The first-order chi connectivity index (χ1) is 12.7. The van der Waals surface area contributed by atoms with Crippen LogP contribution in [0.4, 0.5) is 0 Å². The quantitative estimate of drug-likeness (QED) is 0.195. The SMILES string of the molecule is CC(C)CCCCCOP(=O)(O)OCCCCCC(C)C.CCCCCC. The van der Waals surface area contributed by atoms with Gasteiger partial charge < -0.3 is 4.89 Å². The first kappa shape index (κ1) is 29.3. The van der Waals surface area contributed by atoms with E-state index < -0.39 is 7.82 Å². The second-order valence-corrected chi connectivity index (χ2v) is 9.78. The van der Waals surface area contributed by atoms with E-state index >= 15 is 0 Å². The highest BCUT2D eigenvalue weighted by Crippen LogP contribution is 2.43. The van der Waals surface area contributed by atoms with Crippen LogP contribution in [0.25, 0.3) is 0 Å². The van der Waals surface area contributed by atoms with Gasteiger partial charge >= 0.3 is 7.82 Å². The molecule has 0 aliphatic heterocycles. The van der Waals surface area contributed by atoms with Crippen LogP contribution in [0.1, 0.15) is 119 Å². The van der Waals surface area contributed by atoms with E-state index in [4.69, 9.17) is 9.05 Å². The van der Waals surface area contributed by atoms with Gasteiger partial charge in [-0.15, -0.1) is 0 Å². The van der Waals surface area contributed by atoms with E-state index in [2.05, 4.69) is 41.5 Å². The monoisotopic (exact) mass is 408 g/mol. The Morgan fingerprint density at radius 1 is 0.667 bits per heavy atom. The molecule has 0 aromatic carbocycles. The smallest absolute Gasteiger partial charge is 0.302 e. The minimum absolute atomic E-state index is 0.305. The zero-order chi connectivity index (χ0) is 21.0. The topological polar surface area (TPSA) is 55.8 Å². The van der Waals surface area contributed by atoms with Crippen LogP contribution < -0.4 is 0 Å². The van der Waals surface area contributed by atoms with Crippen LogP contribution in [0, 0.1) is 11.8 Å². The number of unbranched alkanes of at least 4 members (excludes halogenated alkanes) is 7. The number of phosphoric ester groups is 1. The van der Waals surface area contributed by atoms with E-state index in [1.165, 1.54) is 38.5 Å². The second kappa shape index (κ2) is 20.8. The van der Waals surface area contributed by atoms with Gasteiger partial charge in [0, 0.05) is 0 Å². The fourth-order valence-electron chi connectivity index (χ4n) is 2.56. The molecule has 0 heterocycles. The van der Waals surface area contributed by atoms with Crippen LogP contribution in [0.3, 0.4) is 0 Å². The number of hydrogen-bond donors (Lipinski definition) is 1. The van der Waals surface area contributed by atoms with Crippen molar-refractivity contribution >= 4 is 7.82 Å². The molecule has 0 aliphatic rings. The number of hydrogen-bond acceptors (Lipinski definition) is 3. The normalized spacial score (nSPS) is 11.7. The molecule has 1 N–H and O–H groups in total. The van der Waals surface area contributed by atoms with Crippen molar-refractivity contribution in [2.45, 2.75) is 119 Å². The standard InChI is InChI=1S/C16H35O4P.C6H14/c1-15(2)11-7-5-9-13-19-21(17,18)20-14-10-6-8-12-16(3)4;1-3-5-6-4-2/h15-16H,5-14H2,1-4H3,(H,17,18);3-6H2,1-2H3. The molecule has 0 saturated heterocycles. The van der Waals surface area contributed by atoms with E-state index in [0.29, 0.717) is 25.0 Å². The minimum Gasteiger partial charge on any atom is -0.302 e. The van der Waals surface area contributed by atoms with Crippen molar-refractivity contribution < 1.29 is 18.5 Å². The van der Waals surface area contributed by atoms with Crippen molar-refractivity contribution in [2.24, 2.45) is 11.8 Å². The van der Waals surface area contributed by atoms with Gasteiger partial charge in [-0.25, -0.2) is 4.57 Å². The molecule has 0 aromatic heterocycles. The highest BCUT2D eigenvalue weighted by molar-refractivity contribution is 7.47. The van der Waals surface area contributed by atoms with Crippen LogP contribution in [0.2, 0.25) is 0 Å². The van der Waals surface area contributed by atoms with Crippen LogP contribution in [-0.4, -0.2) is 18.1 Å². The predicted molar refractivity (Wildman–Crippen MR) is 118 cm³/mol. The lowest BCUT2D eigenvalue weighted by molar-refractivity contribution is 0.145. The molecule has 0 spiro atoms. The molecule has 0 atom stereocenters. The summed E-state index contributed by atoms with van der Waals surface area (Å²) in [5.74, 6) is 1.43. The summed E-state index contributed by atoms with van der Waals surface area (Å²) in [4.78, 5) is 9.52. The number of rotatable bonds is 17. The zero-order valence-electron chi connectivity index (χ0n) is 19.2. The maximum atomic E-state index is 11.6. The summed E-state index contributed by atoms with van der Waals surface area (Å²) < 4.78 is 21.5. The van der Waals surface area contributed by atoms with Crippen LogP contribution in [0.15, 0.2) is 0 Å². The van der Waals surface area contributed by atoms with Crippen molar-refractivity contribution in [3.8, 4) is 0 Å². The largest absolute Gasteiger partial charge is 0.472 e. The molecular formula is C22H49O4P. The maximum absolute atomic E-state index is 11.6. The summed E-state index contributed by atoms with van der Waals surface area (Å²) in [5, 5.41) is 0. The average Bonchev–Trinajstić information content (AvgIpc) is 2.59. The highest BCUT2D eigenvalue weighted by Gasteiger charge is 2.19. The Hall–Kier alpha value is 0.110. The Morgan fingerprint density at radius 2 is 1.04 bits per heavy atom. The molecule has 27 heavy (non-hydrogen) atoms. The molecule has 166 valence electrons. The Labute approximate surface area is 170 Å². The Balaban J connectivity index is 0. The van der Waals surface area contributed by atoms with Gasteiger partial charge in [-0.05, 0) is 24.7 Å². The molecule has 5 heteroatoms. The van der Waals surface area contributed by atoms with Crippen LogP contribution in [-0.2, 0) is 13.6 Å². The minimum atomic E-state index is -3.83. The Morgan fingerprint density at radius 3 is 1.33 bits per heavy atom. The Kier molecular flexibility index (Phi) is 22.6. The molecule has 0 rings (SSSR count). The summed E-state index contributed by atoms with van der Waals surface area (Å²) in [6, 6.07) is 0. The van der Waals surface area contributed by atoms with Crippen LogP contribution in [0.5, 0.6) is 0 Å². The number of phosphoric acid groups is 1. The van der Waals surface area contributed by atoms with E-state index in [-0.39, 0.29) is 0 Å². The van der Waals surface area contributed by atoms with E-state index in [0.717, 1.165) is 38.5 Å². The molecule has 0 radical (unpaired) electrons. The molecule has 0 unspecified atom stereocenters. The van der Waals surface area contributed by atoms with Crippen molar-refractivity contribution in [1.29, 1.82) is 0 Å². The van der Waals surface area contributed by atoms with Gasteiger partial charge in [0.05, 0.1) is 13.2 Å². The van der Waals surface area contributed by atoms with Gasteiger partial charge in [0.25, 0.3) is 0 Å². The highest BCUT2D eigenvalue weighted by atomic mass is 31.2. The van der Waals surface area contributed by atoms with Gasteiger partial charge in [-0.2, -0.15) is 0 Å². The fraction of sp³-hybridized carbons (Fsp3) is 1.00. The molecule has 4 nitrogen and oxygen atoms in total. The first-order valence-electron chi connectivity index (χ1n) is 11.4. The lowest BCUT2D eigenvalue weighted by Gasteiger charge is -2.12. The van der Waals surface area contributed by atoms with Gasteiger partial charge in [-0.3, -0.25) is 9.05 Å². The Bertz CT molecular complexity index is 304. The van der Waals surface area contributed by atoms with Gasteiger partial charge in [0.2, 0.25) is 0 Å². The third-order valence-corrected chi connectivity index (χ3v) is 5.34. The average molecular weight is 409 g/mol. The summed E-state index contributed by atoms with van der Waals surface area (Å²) in [6.07, 6.45) is 13.9. The third-order valence-electron chi connectivity index (χ3n) is 4.32. The molecule has 0 saturated carbocycles. The maximum Gasteiger partial charge on any atom is 0.472 e. The van der Waals surface area contributed by atoms with Gasteiger partial charge in [0.15, 0.2) is 0 Å². The zero-order valence-corrected chi connectivity index (χ0v) is 20.1. The van der Waals surface area contributed by atoms with Crippen molar-refractivity contribution in [2.75, 3.05) is 13.2 Å². The summed E-state index contributed by atoms with van der Waals surface area (Å²) in [6.45, 7) is 13.9. The second-order valence-electron chi connectivity index (χ2n) is 8.33. The molecular weight excluding hydrogens is 359 g/mol. The molecule has 0 fully saturated rings. The lowest BCUT2D eigenvalue weighted by Crippen LogP contribution is -1.99. The lowest BCUT2D eigenvalue weighted by atomic mass is 10.1. The van der Waals surface area contributed by atoms with E-state index in [9.17, 15) is 9.46 Å². The van der Waals surface area contributed by atoms with Crippen molar-refractivity contribution in [1.82, 2.24) is 0 Å². The molecule has 0 amide bonds. The third kappa shape index (κ3) is 28.4. The predicted octanol–water partition coefficient (Wildman–Crippen LogP) is 8.14. The van der Waals surface area contributed by atoms with E-state index in [1.807, 2.05) is 0 Å². The summed E-state index contributed by atoms with van der Waals surface area (Å²) in [5.41, 5.74) is 0. The van der Waals surface area contributed by atoms with Gasteiger partial charge in [-0.1, -0.05) is 106 Å². The summed E-state index contributed by atoms with van der Waals surface area (Å²) >= 11 is 0. The van der Waals surface area contributed by atoms with Crippen molar-refractivity contribution in [3.05, 3.63) is 0 Å². The van der Waals surface area contributed by atoms with Crippen molar-refractivity contribution in [3.63, 3.8) is 0 Å². The molecule has 0 aliphatic carbocycles. The van der Waals surface area contributed by atoms with Gasteiger partial charge in [0.1, 0.15) is 0 Å².